The zero-order valence-corrected chi connectivity index (χ0v) is 13.7. The zero-order valence-electron chi connectivity index (χ0n) is 12.9. The van der Waals surface area contributed by atoms with E-state index in [9.17, 15) is 27.6 Å². The maximum absolute atomic E-state index is 13.6. The molecule has 1 aliphatic carbocycles. The summed E-state index contributed by atoms with van der Waals surface area (Å²) >= 11 is 5.92. The summed E-state index contributed by atoms with van der Waals surface area (Å²) in [6.07, 6.45) is -4.33. The number of imide groups is 1. The van der Waals surface area contributed by atoms with Gasteiger partial charge in [-0.15, -0.1) is 0 Å². The number of nitrogens with one attached hydrogen (secondary N) is 2. The molecule has 4 amide bonds. The highest BCUT2D eigenvalue weighted by molar-refractivity contribution is 6.32. The lowest BCUT2D eigenvalue weighted by atomic mass is 10.1. The van der Waals surface area contributed by atoms with Crippen LogP contribution in [0.4, 0.5) is 23.7 Å². The van der Waals surface area contributed by atoms with E-state index >= 15 is 0 Å². The van der Waals surface area contributed by atoms with Gasteiger partial charge in [0, 0.05) is 10.9 Å². The number of halogens is 4. The van der Waals surface area contributed by atoms with E-state index in [0.29, 0.717) is 17.7 Å². The van der Waals surface area contributed by atoms with Crippen LogP contribution in [0.5, 0.6) is 0 Å². The fraction of sp³-hybridized carbons (Fsp3) is 0.400. The Morgan fingerprint density at radius 2 is 2.00 bits per heavy atom. The smallest absolute Gasteiger partial charge is 0.318 e. The topological polar surface area (TPSA) is 78.5 Å². The minimum Gasteiger partial charge on any atom is -0.318 e. The van der Waals surface area contributed by atoms with E-state index in [1.807, 2.05) is 0 Å². The van der Waals surface area contributed by atoms with Crippen LogP contribution in [0.25, 0.3) is 0 Å². The van der Waals surface area contributed by atoms with Crippen LogP contribution in [0.2, 0.25) is 5.02 Å². The summed E-state index contributed by atoms with van der Waals surface area (Å²) in [5, 5.41) is 3.48. The molecule has 1 unspecified atom stereocenters. The van der Waals surface area contributed by atoms with Gasteiger partial charge in [-0.2, -0.15) is 13.2 Å². The number of alkyl halides is 3. The summed E-state index contributed by atoms with van der Waals surface area (Å²) in [5.41, 5.74) is -3.31. The predicted molar refractivity (Wildman–Crippen MR) is 81.9 cm³/mol. The van der Waals surface area contributed by atoms with Crippen LogP contribution >= 0.6 is 11.6 Å². The lowest BCUT2D eigenvalue weighted by molar-refractivity contribution is -0.201. The predicted octanol–water partition coefficient (Wildman–Crippen LogP) is 2.49. The average molecular weight is 376 g/mol. The molecular formula is C15H13ClF3N3O3. The Bertz CT molecular complexity index is 779. The van der Waals surface area contributed by atoms with Gasteiger partial charge >= 0.3 is 12.2 Å². The first-order valence-electron chi connectivity index (χ1n) is 7.39. The van der Waals surface area contributed by atoms with Crippen molar-refractivity contribution in [2.75, 3.05) is 4.90 Å². The molecule has 134 valence electrons. The largest absolute Gasteiger partial charge is 0.440 e. The van der Waals surface area contributed by atoms with Crippen LogP contribution in [0.3, 0.4) is 0 Å². The summed E-state index contributed by atoms with van der Waals surface area (Å²) in [6, 6.07) is 2.89. The van der Waals surface area contributed by atoms with Gasteiger partial charge in [-0.3, -0.25) is 14.9 Å². The van der Waals surface area contributed by atoms with Gasteiger partial charge < -0.3 is 5.32 Å². The standard InChI is InChI=1S/C15H13ClF3N3O3/c1-7-9(16)3-2-4-10(7)22-12(24)14(15(17,18)19,21-13(22)25)20-11(23)8-5-6-8/h2-4,8H,5-6H2,1H3,(H,20,23)(H,21,25). The van der Waals surface area contributed by atoms with Crippen LogP contribution in [0.1, 0.15) is 18.4 Å². The second kappa shape index (κ2) is 5.62. The second-order valence-corrected chi connectivity index (χ2v) is 6.37. The summed E-state index contributed by atoms with van der Waals surface area (Å²) in [6.45, 7) is 1.47. The van der Waals surface area contributed by atoms with Gasteiger partial charge in [-0.05, 0) is 37.5 Å². The number of benzene rings is 1. The molecule has 1 saturated carbocycles. The number of rotatable bonds is 3. The van der Waals surface area contributed by atoms with Gasteiger partial charge in [0.05, 0.1) is 5.69 Å². The highest BCUT2D eigenvalue weighted by Gasteiger charge is 2.69. The molecule has 1 saturated heterocycles. The van der Waals surface area contributed by atoms with Crippen LogP contribution < -0.4 is 15.5 Å². The molecule has 2 aliphatic rings. The molecule has 1 aliphatic heterocycles. The number of hydrogen-bond donors (Lipinski definition) is 2. The number of nitrogens with zero attached hydrogens (tertiary/aromatic N) is 1. The minimum absolute atomic E-state index is 0.0817. The summed E-state index contributed by atoms with van der Waals surface area (Å²) < 4.78 is 40.9. The second-order valence-electron chi connectivity index (χ2n) is 5.97. The molecule has 0 radical (unpaired) electrons. The molecule has 3 rings (SSSR count). The quantitative estimate of drug-likeness (QED) is 0.797. The first-order chi connectivity index (χ1) is 11.6. The van der Waals surface area contributed by atoms with Crippen LogP contribution in [-0.2, 0) is 9.59 Å². The molecule has 25 heavy (non-hydrogen) atoms. The number of amides is 4. The van der Waals surface area contributed by atoms with Gasteiger partial charge in [0.15, 0.2) is 0 Å². The van der Waals surface area contributed by atoms with Gasteiger partial charge in [-0.25, -0.2) is 9.69 Å². The number of anilines is 1. The first-order valence-corrected chi connectivity index (χ1v) is 7.77. The Balaban J connectivity index is 2.04. The van der Waals surface area contributed by atoms with Gasteiger partial charge in [0.2, 0.25) is 5.91 Å². The normalized spacial score (nSPS) is 23.6. The Morgan fingerprint density at radius 3 is 2.56 bits per heavy atom. The molecule has 2 N–H and O–H groups in total. The van der Waals surface area contributed by atoms with Crippen molar-refractivity contribution in [3.63, 3.8) is 0 Å². The van der Waals surface area contributed by atoms with Crippen molar-refractivity contribution in [3.05, 3.63) is 28.8 Å². The highest BCUT2D eigenvalue weighted by atomic mass is 35.5. The van der Waals surface area contributed by atoms with Crippen molar-refractivity contribution in [1.82, 2.24) is 10.6 Å². The van der Waals surface area contributed by atoms with Gasteiger partial charge in [0.25, 0.3) is 11.6 Å². The number of carbonyl (C=O) groups excluding carboxylic acids is 3. The van der Waals surface area contributed by atoms with Crippen LogP contribution in [0, 0.1) is 12.8 Å². The Hall–Kier alpha value is -2.29. The molecule has 1 atom stereocenters. The van der Waals surface area contributed by atoms with Crippen molar-refractivity contribution in [2.45, 2.75) is 31.6 Å². The molecule has 6 nitrogen and oxygen atoms in total. The highest BCUT2D eigenvalue weighted by Crippen LogP contribution is 2.39. The van der Waals surface area contributed by atoms with Gasteiger partial charge in [0.1, 0.15) is 0 Å². The lowest BCUT2D eigenvalue weighted by Crippen LogP contribution is -2.69. The Morgan fingerprint density at radius 1 is 1.36 bits per heavy atom. The number of hydrogen-bond acceptors (Lipinski definition) is 3. The first kappa shape index (κ1) is 17.5. The SMILES string of the molecule is Cc1c(Cl)cccc1N1C(=O)NC(NC(=O)C2CC2)(C(F)(F)F)C1=O. The van der Waals surface area contributed by atoms with Crippen LogP contribution in [-0.4, -0.2) is 29.7 Å². The molecule has 1 aromatic carbocycles. The average Bonchev–Trinajstić information content (AvgIpc) is 3.31. The zero-order chi connectivity index (χ0) is 18.6. The fourth-order valence-corrected chi connectivity index (χ4v) is 2.74. The molecule has 10 heteroatoms. The fourth-order valence-electron chi connectivity index (χ4n) is 2.57. The molecular weight excluding hydrogens is 363 g/mol. The summed E-state index contributed by atoms with van der Waals surface area (Å²) in [7, 11) is 0. The summed E-state index contributed by atoms with van der Waals surface area (Å²) in [5.74, 6) is -3.12. The molecule has 0 spiro atoms. The van der Waals surface area contributed by atoms with Crippen molar-refractivity contribution >= 4 is 35.1 Å². The Labute approximate surface area is 145 Å². The van der Waals surface area contributed by atoms with Crippen molar-refractivity contribution in [1.29, 1.82) is 0 Å². The van der Waals surface area contributed by atoms with E-state index in [-0.39, 0.29) is 16.3 Å². The third-order valence-corrected chi connectivity index (χ3v) is 4.59. The Kier molecular flexibility index (Phi) is 3.94. The van der Waals surface area contributed by atoms with E-state index < -0.39 is 35.6 Å². The summed E-state index contributed by atoms with van der Waals surface area (Å²) in [4.78, 5) is 37.0. The van der Waals surface area contributed by atoms with Crippen LogP contribution in [0.15, 0.2) is 18.2 Å². The number of carbonyl (C=O) groups is 3. The molecule has 0 aromatic heterocycles. The third-order valence-electron chi connectivity index (χ3n) is 4.19. The van der Waals surface area contributed by atoms with Crippen molar-refractivity contribution < 1.29 is 27.6 Å². The monoisotopic (exact) mass is 375 g/mol. The maximum atomic E-state index is 13.6. The minimum atomic E-state index is -5.22. The van der Waals surface area contributed by atoms with Gasteiger partial charge in [-0.1, -0.05) is 17.7 Å². The van der Waals surface area contributed by atoms with E-state index in [1.165, 1.54) is 25.1 Å². The van der Waals surface area contributed by atoms with E-state index in [2.05, 4.69) is 0 Å². The van der Waals surface area contributed by atoms with Crippen molar-refractivity contribution in [2.24, 2.45) is 5.92 Å². The molecule has 1 heterocycles. The van der Waals surface area contributed by atoms with E-state index in [4.69, 9.17) is 11.6 Å². The molecule has 2 fully saturated rings. The van der Waals surface area contributed by atoms with E-state index in [0.717, 1.165) is 0 Å². The van der Waals surface area contributed by atoms with E-state index in [1.54, 1.807) is 10.6 Å². The molecule has 1 aromatic rings. The molecule has 0 bridgehead atoms. The van der Waals surface area contributed by atoms with Crippen molar-refractivity contribution in [3.8, 4) is 0 Å². The lowest BCUT2D eigenvalue weighted by Gasteiger charge is -2.30. The third kappa shape index (κ3) is 2.72. The number of urea groups is 1. The maximum Gasteiger partial charge on any atom is 0.440 e.